The highest BCUT2D eigenvalue weighted by molar-refractivity contribution is 9.10. The minimum atomic E-state index is -0.171. The van der Waals surface area contributed by atoms with Crippen LogP contribution >= 0.6 is 27.5 Å². The molecule has 8 heteroatoms. The lowest BCUT2D eigenvalue weighted by molar-refractivity contribution is 0.287. The van der Waals surface area contributed by atoms with Gasteiger partial charge in [-0.25, -0.2) is 4.98 Å². The number of halogens is 2. The van der Waals surface area contributed by atoms with Crippen LogP contribution in [-0.4, -0.2) is 29.1 Å². The Morgan fingerprint density at radius 1 is 1.18 bits per heavy atom. The molecule has 2 aromatic carbocycles. The van der Waals surface area contributed by atoms with Crippen molar-refractivity contribution >= 4 is 44.6 Å². The smallest absolute Gasteiger partial charge is 0.282 e. The number of ether oxygens (including phenoxy) is 2. The third-order valence-electron chi connectivity index (χ3n) is 5.81. The lowest BCUT2D eigenvalue weighted by Gasteiger charge is -2.22. The zero-order chi connectivity index (χ0) is 23.4. The summed E-state index contributed by atoms with van der Waals surface area (Å²) >= 11 is 10.1. The first-order chi connectivity index (χ1) is 16.0. The average molecular weight is 533 g/mol. The van der Waals surface area contributed by atoms with E-state index in [4.69, 9.17) is 26.1 Å². The molecule has 33 heavy (non-hydrogen) atoms. The van der Waals surface area contributed by atoms with E-state index in [9.17, 15) is 4.79 Å². The number of fused-ring (bicyclic) bond motifs is 1. The predicted octanol–water partition coefficient (Wildman–Crippen LogP) is 6.54. The molecule has 0 saturated heterocycles. The Morgan fingerprint density at radius 3 is 2.64 bits per heavy atom. The predicted molar refractivity (Wildman–Crippen MR) is 136 cm³/mol. The molecule has 3 aromatic rings. The van der Waals surface area contributed by atoms with E-state index in [0.29, 0.717) is 56.5 Å². The van der Waals surface area contributed by atoms with Crippen LogP contribution in [0.5, 0.6) is 11.5 Å². The van der Waals surface area contributed by atoms with Crippen molar-refractivity contribution in [3.05, 3.63) is 61.6 Å². The summed E-state index contributed by atoms with van der Waals surface area (Å²) in [6, 6.07) is 9.23. The maximum absolute atomic E-state index is 13.4. The Morgan fingerprint density at radius 2 is 1.91 bits per heavy atom. The highest BCUT2D eigenvalue weighted by Crippen LogP contribution is 2.42. The normalized spacial score (nSPS) is 14.8. The maximum Gasteiger partial charge on any atom is 0.282 e. The van der Waals surface area contributed by atoms with Gasteiger partial charge in [-0.15, -0.1) is 0 Å². The monoisotopic (exact) mass is 531 g/mol. The molecular weight excluding hydrogens is 506 g/mol. The number of para-hydroxylation sites is 1. The van der Waals surface area contributed by atoms with E-state index in [1.165, 1.54) is 11.1 Å². The topological polar surface area (TPSA) is 65.7 Å². The van der Waals surface area contributed by atoms with Gasteiger partial charge in [0.1, 0.15) is 10.8 Å². The highest BCUT2D eigenvalue weighted by Gasteiger charge is 2.23. The maximum atomic E-state index is 13.4. The van der Waals surface area contributed by atoms with Gasteiger partial charge >= 0.3 is 0 Å². The van der Waals surface area contributed by atoms with Crippen molar-refractivity contribution in [3.8, 4) is 11.5 Å². The third-order valence-corrected chi connectivity index (χ3v) is 7.25. The van der Waals surface area contributed by atoms with Crippen molar-refractivity contribution in [3.63, 3.8) is 0 Å². The van der Waals surface area contributed by atoms with Gasteiger partial charge in [0, 0.05) is 16.0 Å². The van der Waals surface area contributed by atoms with Crippen molar-refractivity contribution in [2.45, 2.75) is 51.9 Å². The van der Waals surface area contributed by atoms with Crippen LogP contribution in [-0.2, 0) is 0 Å². The Kier molecular flexibility index (Phi) is 7.71. The van der Waals surface area contributed by atoms with Gasteiger partial charge in [0.2, 0.25) is 0 Å². The fourth-order valence-electron chi connectivity index (χ4n) is 4.24. The Bertz CT molecular complexity index is 1240. The summed E-state index contributed by atoms with van der Waals surface area (Å²) in [4.78, 5) is 18.3. The van der Waals surface area contributed by atoms with Gasteiger partial charge in [-0.1, -0.05) is 43.0 Å². The van der Waals surface area contributed by atoms with Crippen LogP contribution < -0.4 is 15.0 Å². The van der Waals surface area contributed by atoms with Crippen LogP contribution in [0.2, 0.25) is 5.02 Å². The molecule has 0 aliphatic heterocycles. The number of aromatic nitrogens is 2. The van der Waals surface area contributed by atoms with E-state index in [1.54, 1.807) is 12.3 Å². The fraction of sp³-hybridized carbons (Fsp3) is 0.400. The lowest BCUT2D eigenvalue weighted by atomic mass is 9.88. The second-order valence-corrected chi connectivity index (χ2v) is 9.14. The first-order valence-corrected chi connectivity index (χ1v) is 12.6. The summed E-state index contributed by atoms with van der Waals surface area (Å²) in [5.74, 6) is 1.94. The van der Waals surface area contributed by atoms with Gasteiger partial charge in [0.25, 0.3) is 5.56 Å². The molecular formula is C25H27BrClN3O3. The number of hydrogen-bond donors (Lipinski definition) is 0. The number of benzene rings is 2. The molecule has 1 saturated carbocycles. The van der Waals surface area contributed by atoms with Crippen LogP contribution in [0, 0.1) is 0 Å². The average Bonchev–Trinajstić information content (AvgIpc) is 2.84. The molecule has 0 amide bonds. The van der Waals surface area contributed by atoms with E-state index in [1.807, 2.05) is 38.1 Å². The molecule has 1 aliphatic carbocycles. The van der Waals surface area contributed by atoms with Crippen LogP contribution in [0.4, 0.5) is 0 Å². The second-order valence-electron chi connectivity index (χ2n) is 7.97. The third kappa shape index (κ3) is 4.94. The molecule has 0 bridgehead atoms. The van der Waals surface area contributed by atoms with E-state index in [0.717, 1.165) is 25.7 Å². The molecule has 1 fully saturated rings. The minimum Gasteiger partial charge on any atom is -0.490 e. The molecule has 1 heterocycles. The van der Waals surface area contributed by atoms with E-state index in [-0.39, 0.29) is 11.5 Å². The van der Waals surface area contributed by atoms with Gasteiger partial charge in [0.15, 0.2) is 11.5 Å². The molecule has 0 unspecified atom stereocenters. The molecule has 1 aliphatic rings. The van der Waals surface area contributed by atoms with Gasteiger partial charge in [-0.05, 0) is 60.8 Å². The largest absolute Gasteiger partial charge is 0.490 e. The zero-order valence-corrected chi connectivity index (χ0v) is 21.2. The summed E-state index contributed by atoms with van der Waals surface area (Å²) in [6.45, 7) is 4.72. The van der Waals surface area contributed by atoms with Crippen molar-refractivity contribution in [1.29, 1.82) is 0 Å². The summed E-state index contributed by atoms with van der Waals surface area (Å²) in [5, 5.41) is 5.56. The van der Waals surface area contributed by atoms with Crippen LogP contribution in [0.15, 0.2) is 44.7 Å². The molecule has 0 atom stereocenters. The van der Waals surface area contributed by atoms with Gasteiger partial charge < -0.3 is 9.47 Å². The van der Waals surface area contributed by atoms with Gasteiger partial charge in [-0.2, -0.15) is 9.78 Å². The van der Waals surface area contributed by atoms with Crippen LogP contribution in [0.1, 0.15) is 63.3 Å². The highest BCUT2D eigenvalue weighted by atomic mass is 79.9. The van der Waals surface area contributed by atoms with Crippen LogP contribution in [0.25, 0.3) is 10.9 Å². The number of hydrogen-bond acceptors (Lipinski definition) is 5. The molecule has 0 spiro atoms. The molecule has 1 aromatic heterocycles. The van der Waals surface area contributed by atoms with E-state index in [2.05, 4.69) is 21.0 Å². The zero-order valence-electron chi connectivity index (χ0n) is 18.8. The SMILES string of the molecule is CCOc1cc(C=Nn2c(C3CCCCC3)nc3ccccc3c2=O)c(Br)c(Cl)c1OCC. The van der Waals surface area contributed by atoms with Gasteiger partial charge in [0.05, 0.1) is 30.3 Å². The second kappa shape index (κ2) is 10.7. The van der Waals surface area contributed by atoms with Crippen molar-refractivity contribution < 1.29 is 9.47 Å². The molecule has 174 valence electrons. The van der Waals surface area contributed by atoms with Crippen molar-refractivity contribution in [1.82, 2.24) is 9.66 Å². The fourth-order valence-corrected chi connectivity index (χ4v) is 4.89. The number of nitrogens with zero attached hydrogens (tertiary/aromatic N) is 3. The Labute approximate surface area is 206 Å². The van der Waals surface area contributed by atoms with E-state index >= 15 is 0 Å². The summed E-state index contributed by atoms with van der Waals surface area (Å²) in [5.41, 5.74) is 1.22. The molecule has 0 radical (unpaired) electrons. The summed E-state index contributed by atoms with van der Waals surface area (Å²) in [6.07, 6.45) is 7.12. The number of rotatable bonds is 7. The first-order valence-electron chi connectivity index (χ1n) is 11.4. The quantitative estimate of drug-likeness (QED) is 0.324. The minimum absolute atomic E-state index is 0.171. The van der Waals surface area contributed by atoms with E-state index < -0.39 is 0 Å². The standard InChI is InChI=1S/C25H27BrClN3O3/c1-3-32-20-14-17(21(26)22(27)23(20)33-4-2)15-28-30-24(16-10-6-5-7-11-16)29-19-13-9-8-12-18(19)25(30)31/h8-9,12-16H,3-7,10-11H2,1-2H3. The van der Waals surface area contributed by atoms with Gasteiger partial charge in [-0.3, -0.25) is 4.79 Å². The van der Waals surface area contributed by atoms with Crippen molar-refractivity contribution in [2.75, 3.05) is 13.2 Å². The molecule has 6 nitrogen and oxygen atoms in total. The summed E-state index contributed by atoms with van der Waals surface area (Å²) < 4.78 is 13.5. The lowest BCUT2D eigenvalue weighted by Crippen LogP contribution is -2.25. The Balaban J connectivity index is 1.84. The molecule has 4 rings (SSSR count). The Hall–Kier alpha value is -2.38. The van der Waals surface area contributed by atoms with Crippen LogP contribution in [0.3, 0.4) is 0 Å². The summed E-state index contributed by atoms with van der Waals surface area (Å²) in [7, 11) is 0. The first kappa shape index (κ1) is 23.8. The van der Waals surface area contributed by atoms with Crippen molar-refractivity contribution in [2.24, 2.45) is 5.10 Å². The molecule has 0 N–H and O–H groups in total.